The predicted octanol–water partition coefficient (Wildman–Crippen LogP) is 0.0967. The maximum atomic E-state index is 11.6. The van der Waals surface area contributed by atoms with Gasteiger partial charge in [-0.25, -0.2) is 4.98 Å². The van der Waals surface area contributed by atoms with Gasteiger partial charge in [0, 0.05) is 13.0 Å². The zero-order valence-corrected chi connectivity index (χ0v) is 10.1. The smallest absolute Gasteiger partial charge is 0.269 e. The van der Waals surface area contributed by atoms with E-state index in [1.165, 1.54) is 12.5 Å². The van der Waals surface area contributed by atoms with Crippen molar-refractivity contribution in [3.63, 3.8) is 0 Å². The van der Waals surface area contributed by atoms with Gasteiger partial charge < -0.3 is 15.6 Å². The predicted molar refractivity (Wildman–Crippen MR) is 63.7 cm³/mol. The lowest BCUT2D eigenvalue weighted by atomic mass is 10.1. The Balaban J connectivity index is 2.46. The Kier molecular flexibility index (Phi) is 5.35. The lowest BCUT2D eigenvalue weighted by molar-refractivity contribution is -0.120. The lowest BCUT2D eigenvalue weighted by Gasteiger charge is -2.16. The zero-order valence-electron chi connectivity index (χ0n) is 10.1. The average molecular weight is 238 g/mol. The summed E-state index contributed by atoms with van der Waals surface area (Å²) < 4.78 is 0. The van der Waals surface area contributed by atoms with E-state index in [1.54, 1.807) is 0 Å². The number of Topliss-reactive ketones (excluding diaryl/α,β-unsaturated/α-hetero) is 1. The minimum Gasteiger partial charge on any atom is -0.349 e. The normalized spacial score (nSPS) is 12.1. The number of hydrogen-bond donors (Lipinski definition) is 3. The van der Waals surface area contributed by atoms with Crippen molar-refractivity contribution in [1.29, 1.82) is 0 Å². The number of nitrogens with zero attached hydrogens (tertiary/aromatic N) is 1. The van der Waals surface area contributed by atoms with Gasteiger partial charge in [-0.1, -0.05) is 13.8 Å². The Morgan fingerprint density at radius 1 is 1.47 bits per heavy atom. The highest BCUT2D eigenvalue weighted by Gasteiger charge is 2.16. The van der Waals surface area contributed by atoms with Crippen molar-refractivity contribution in [3.05, 3.63) is 18.2 Å². The molecule has 0 unspecified atom stereocenters. The van der Waals surface area contributed by atoms with Crippen LogP contribution in [-0.4, -0.2) is 40.8 Å². The topological polar surface area (TPSA) is 86.9 Å². The summed E-state index contributed by atoms with van der Waals surface area (Å²) in [6, 6.07) is -0.322. The van der Waals surface area contributed by atoms with Crippen LogP contribution in [0.1, 0.15) is 30.8 Å². The molecule has 1 rings (SSSR count). The van der Waals surface area contributed by atoms with Crippen LogP contribution in [0.4, 0.5) is 0 Å². The van der Waals surface area contributed by atoms with E-state index in [0.717, 1.165) is 0 Å². The summed E-state index contributed by atoms with van der Waals surface area (Å²) in [6.07, 6.45) is 3.34. The minimum atomic E-state index is -0.322. The van der Waals surface area contributed by atoms with Crippen molar-refractivity contribution in [1.82, 2.24) is 20.6 Å². The molecule has 1 aromatic rings. The largest absolute Gasteiger partial charge is 0.349 e. The molecule has 0 aliphatic rings. The number of ketones is 1. The molecule has 17 heavy (non-hydrogen) atoms. The van der Waals surface area contributed by atoms with Gasteiger partial charge in [-0.2, -0.15) is 0 Å². The highest BCUT2D eigenvalue weighted by molar-refractivity contribution is 5.92. The van der Waals surface area contributed by atoms with Gasteiger partial charge in [0.15, 0.2) is 5.78 Å². The first-order valence-electron chi connectivity index (χ1n) is 5.71. The van der Waals surface area contributed by atoms with Crippen LogP contribution >= 0.6 is 0 Å². The second-order valence-corrected chi connectivity index (χ2v) is 3.61. The molecular weight excluding hydrogens is 220 g/mol. The van der Waals surface area contributed by atoms with E-state index in [2.05, 4.69) is 20.6 Å². The quantitative estimate of drug-likeness (QED) is 0.628. The number of rotatable bonds is 7. The van der Waals surface area contributed by atoms with Crippen molar-refractivity contribution in [3.8, 4) is 0 Å². The molecule has 0 saturated heterocycles. The molecule has 1 heterocycles. The van der Waals surface area contributed by atoms with E-state index in [0.29, 0.717) is 25.2 Å². The Bertz CT molecular complexity index is 362. The minimum absolute atomic E-state index is 0.0942. The summed E-state index contributed by atoms with van der Waals surface area (Å²) >= 11 is 0. The number of imidazole rings is 1. The van der Waals surface area contributed by atoms with Crippen molar-refractivity contribution >= 4 is 11.7 Å². The van der Waals surface area contributed by atoms with Crippen LogP contribution in [0.2, 0.25) is 0 Å². The van der Waals surface area contributed by atoms with Crippen LogP contribution in [-0.2, 0) is 4.79 Å². The van der Waals surface area contributed by atoms with Crippen molar-refractivity contribution in [2.45, 2.75) is 26.3 Å². The van der Waals surface area contributed by atoms with Gasteiger partial charge in [-0.3, -0.25) is 9.59 Å². The monoisotopic (exact) mass is 238 g/mol. The van der Waals surface area contributed by atoms with E-state index < -0.39 is 0 Å². The number of carbonyl (C=O) groups excluding carboxylic acids is 2. The number of likely N-dealkylation sites (N-methyl/N-ethyl adjacent to an activating group) is 1. The van der Waals surface area contributed by atoms with Crippen LogP contribution in [0.5, 0.6) is 0 Å². The third-order valence-corrected chi connectivity index (χ3v) is 2.40. The Morgan fingerprint density at radius 2 is 2.24 bits per heavy atom. The van der Waals surface area contributed by atoms with Gasteiger partial charge in [0.25, 0.3) is 5.91 Å². The van der Waals surface area contributed by atoms with Gasteiger partial charge in [0.05, 0.1) is 18.6 Å². The molecule has 0 fully saturated rings. The number of nitrogens with one attached hydrogen (secondary N) is 3. The number of carbonyl (C=O) groups is 2. The molecule has 0 radical (unpaired) electrons. The van der Waals surface area contributed by atoms with Gasteiger partial charge in [-0.05, 0) is 6.54 Å². The molecule has 0 aromatic carbocycles. The fourth-order valence-electron chi connectivity index (χ4n) is 1.46. The molecule has 0 aliphatic carbocycles. The van der Waals surface area contributed by atoms with E-state index in [-0.39, 0.29) is 17.7 Å². The van der Waals surface area contributed by atoms with Gasteiger partial charge >= 0.3 is 0 Å². The molecule has 0 bridgehead atoms. The molecule has 0 spiro atoms. The van der Waals surface area contributed by atoms with Crippen LogP contribution in [0.3, 0.4) is 0 Å². The van der Waals surface area contributed by atoms with E-state index in [4.69, 9.17) is 0 Å². The third-order valence-electron chi connectivity index (χ3n) is 2.40. The number of aromatic amines is 1. The first kappa shape index (κ1) is 13.4. The molecule has 3 N–H and O–H groups in total. The first-order valence-corrected chi connectivity index (χ1v) is 5.71. The maximum absolute atomic E-state index is 11.6. The highest BCUT2D eigenvalue weighted by atomic mass is 16.2. The summed E-state index contributed by atoms with van der Waals surface area (Å²) in [6.45, 7) is 4.71. The van der Waals surface area contributed by atoms with Crippen LogP contribution in [0.15, 0.2) is 12.5 Å². The third kappa shape index (κ3) is 3.99. The zero-order chi connectivity index (χ0) is 12.7. The Labute approximate surface area is 100 Å². The number of amides is 1. The molecule has 6 heteroatoms. The van der Waals surface area contributed by atoms with Gasteiger partial charge in [-0.15, -0.1) is 0 Å². The highest BCUT2D eigenvalue weighted by Crippen LogP contribution is 1.93. The van der Waals surface area contributed by atoms with Gasteiger partial charge in [0.1, 0.15) is 5.69 Å². The summed E-state index contributed by atoms with van der Waals surface area (Å²) in [5.41, 5.74) is 0.393. The molecule has 6 nitrogen and oxygen atoms in total. The Morgan fingerprint density at radius 3 is 2.76 bits per heavy atom. The second-order valence-electron chi connectivity index (χ2n) is 3.61. The average Bonchev–Trinajstić information content (AvgIpc) is 2.86. The summed E-state index contributed by atoms with van der Waals surface area (Å²) in [7, 11) is 0. The van der Waals surface area contributed by atoms with E-state index >= 15 is 0 Å². The van der Waals surface area contributed by atoms with Crippen molar-refractivity contribution in [2.75, 3.05) is 13.1 Å². The van der Waals surface area contributed by atoms with Crippen molar-refractivity contribution in [2.24, 2.45) is 0 Å². The SMILES string of the molecule is CCN[C@@H](CNC(=O)c1cnc[nH]1)C(=O)CC. The number of aromatic nitrogens is 2. The summed E-state index contributed by atoms with van der Waals surface area (Å²) in [5.74, 6) is -0.161. The molecule has 0 saturated carbocycles. The van der Waals surface area contributed by atoms with E-state index in [1.807, 2.05) is 13.8 Å². The van der Waals surface area contributed by atoms with Crippen LogP contribution < -0.4 is 10.6 Å². The fraction of sp³-hybridized carbons (Fsp3) is 0.545. The molecule has 1 atom stereocenters. The van der Waals surface area contributed by atoms with E-state index in [9.17, 15) is 9.59 Å². The molecular formula is C11H18N4O2. The first-order chi connectivity index (χ1) is 8.19. The summed E-state index contributed by atoms with van der Waals surface area (Å²) in [4.78, 5) is 29.6. The fourth-order valence-corrected chi connectivity index (χ4v) is 1.46. The number of hydrogen-bond acceptors (Lipinski definition) is 4. The second kappa shape index (κ2) is 6.80. The summed E-state index contributed by atoms with van der Waals surface area (Å²) in [5, 5.41) is 5.74. The standard InChI is InChI=1S/C11H18N4O2/c1-3-10(16)8(13-4-2)6-14-11(17)9-5-12-7-15-9/h5,7-8,13H,3-4,6H2,1-2H3,(H,12,15)(H,14,17)/t8-/m0/s1. The lowest BCUT2D eigenvalue weighted by Crippen LogP contribution is -2.45. The molecule has 0 aliphatic heterocycles. The number of H-pyrrole nitrogens is 1. The Hall–Kier alpha value is -1.69. The van der Waals surface area contributed by atoms with Gasteiger partial charge in [0.2, 0.25) is 0 Å². The van der Waals surface area contributed by atoms with Crippen LogP contribution in [0, 0.1) is 0 Å². The molecule has 94 valence electrons. The molecule has 1 amide bonds. The molecule has 1 aromatic heterocycles. The van der Waals surface area contributed by atoms with Crippen LogP contribution in [0.25, 0.3) is 0 Å². The van der Waals surface area contributed by atoms with Crippen molar-refractivity contribution < 1.29 is 9.59 Å². The maximum Gasteiger partial charge on any atom is 0.269 e.